The Bertz CT molecular complexity index is 1050. The third-order valence-corrected chi connectivity index (χ3v) is 12.7. The number of esters is 1. The molecule has 2 atom stereocenters. The lowest BCUT2D eigenvalue weighted by molar-refractivity contribution is -0.870. The zero-order valence-electron chi connectivity index (χ0n) is 41.8. The molecule has 0 radical (unpaired) electrons. The normalized spacial score (nSPS) is 13.7. The van der Waals surface area contributed by atoms with Crippen LogP contribution in [0.5, 0.6) is 0 Å². The molecule has 0 saturated carbocycles. The van der Waals surface area contributed by atoms with Gasteiger partial charge in [0.15, 0.2) is 0 Å². The summed E-state index contributed by atoms with van der Waals surface area (Å²) in [4.78, 5) is 25.2. The van der Waals surface area contributed by atoms with Crippen molar-refractivity contribution in [3.63, 3.8) is 0 Å². The summed E-state index contributed by atoms with van der Waals surface area (Å²) in [6, 6.07) is 0. The first kappa shape index (κ1) is 61.0. The van der Waals surface area contributed by atoms with E-state index in [4.69, 9.17) is 18.5 Å². The van der Waals surface area contributed by atoms with Crippen LogP contribution in [-0.2, 0) is 27.9 Å². The van der Waals surface area contributed by atoms with E-state index in [1.165, 1.54) is 193 Å². The van der Waals surface area contributed by atoms with Gasteiger partial charge in [-0.05, 0) is 44.9 Å². The molecule has 0 aromatic carbocycles. The Morgan fingerprint density at radius 3 is 1.34 bits per heavy atom. The van der Waals surface area contributed by atoms with Crippen LogP contribution >= 0.6 is 7.82 Å². The second-order valence-electron chi connectivity index (χ2n) is 19.2. The van der Waals surface area contributed by atoms with Gasteiger partial charge in [-0.25, -0.2) is 0 Å². The summed E-state index contributed by atoms with van der Waals surface area (Å²) in [5, 5.41) is 0. The van der Waals surface area contributed by atoms with Crippen molar-refractivity contribution in [3.8, 4) is 0 Å². The first-order chi connectivity index (χ1) is 30.1. The summed E-state index contributed by atoms with van der Waals surface area (Å²) < 4.78 is 34.8. The molecule has 0 fully saturated rings. The third-order valence-electron chi connectivity index (χ3n) is 11.8. The number of unbranched alkanes of at least 4 members (excludes halogenated alkanes) is 32. The third kappa shape index (κ3) is 50.0. The summed E-state index contributed by atoms with van der Waals surface area (Å²) in [6.07, 6.45) is 54.8. The number of rotatable bonds is 50. The van der Waals surface area contributed by atoms with Gasteiger partial charge in [0.2, 0.25) is 0 Å². The fourth-order valence-electron chi connectivity index (χ4n) is 7.64. The highest BCUT2D eigenvalue weighted by Crippen LogP contribution is 2.38. The molecule has 2 unspecified atom stereocenters. The average Bonchev–Trinajstić information content (AvgIpc) is 3.23. The number of quaternary nitrogens is 1. The second kappa shape index (κ2) is 46.5. The Morgan fingerprint density at radius 2 is 0.887 bits per heavy atom. The molecule has 9 heteroatoms. The summed E-state index contributed by atoms with van der Waals surface area (Å²) in [7, 11) is 1.37. The molecule has 0 amide bonds. The quantitative estimate of drug-likeness (QED) is 0.0197. The number of ether oxygens (including phenoxy) is 2. The fourth-order valence-corrected chi connectivity index (χ4v) is 8.37. The van der Waals surface area contributed by atoms with Gasteiger partial charge in [0.1, 0.15) is 19.3 Å². The van der Waals surface area contributed by atoms with Crippen molar-refractivity contribution < 1.29 is 37.3 Å². The van der Waals surface area contributed by atoms with Crippen molar-refractivity contribution in [1.29, 1.82) is 0 Å². The highest BCUT2D eigenvalue weighted by atomic mass is 31.2. The Morgan fingerprint density at radius 1 is 0.500 bits per heavy atom. The SMILES string of the molecule is CCCCC/C=C\C/C=C\CCCCCCCCCCCCOCC(COP(=O)([O-])OCC[N+](C)(C)C)OC(=O)CCCCCCCCCCCCCCCCCCCCCC. The van der Waals surface area contributed by atoms with Crippen LogP contribution in [0, 0.1) is 0 Å². The van der Waals surface area contributed by atoms with Gasteiger partial charge in [0.25, 0.3) is 7.82 Å². The lowest BCUT2D eigenvalue weighted by Gasteiger charge is -2.28. The number of carbonyl (C=O) groups is 1. The summed E-state index contributed by atoms with van der Waals surface area (Å²) >= 11 is 0. The Labute approximate surface area is 385 Å². The van der Waals surface area contributed by atoms with E-state index in [2.05, 4.69) is 38.2 Å². The maximum atomic E-state index is 12.8. The Kier molecular flexibility index (Phi) is 45.7. The molecule has 0 N–H and O–H groups in total. The van der Waals surface area contributed by atoms with Crippen molar-refractivity contribution in [3.05, 3.63) is 24.3 Å². The number of carbonyl (C=O) groups excluding carboxylic acids is 1. The van der Waals surface area contributed by atoms with Gasteiger partial charge in [-0.2, -0.15) is 0 Å². The second-order valence-corrected chi connectivity index (χ2v) is 20.7. The molecule has 0 spiro atoms. The molecule has 0 aliphatic heterocycles. The molecule has 0 heterocycles. The van der Waals surface area contributed by atoms with Crippen molar-refractivity contribution in [2.24, 2.45) is 0 Å². The van der Waals surface area contributed by atoms with Gasteiger partial charge in [-0.1, -0.05) is 224 Å². The van der Waals surface area contributed by atoms with E-state index in [-0.39, 0.29) is 25.8 Å². The predicted octanol–water partition coefficient (Wildman–Crippen LogP) is 15.7. The molecule has 0 aromatic rings. The van der Waals surface area contributed by atoms with Crippen LogP contribution in [0.15, 0.2) is 24.3 Å². The minimum Gasteiger partial charge on any atom is -0.756 e. The monoisotopic (exact) mass is 898 g/mol. The lowest BCUT2D eigenvalue weighted by atomic mass is 10.0. The van der Waals surface area contributed by atoms with Crippen LogP contribution in [-0.4, -0.2) is 70.7 Å². The molecule has 0 aromatic heterocycles. The Hall–Kier alpha value is -1.02. The molecule has 0 rings (SSSR count). The number of allylic oxidation sites excluding steroid dienone is 4. The first-order valence-corrected chi connectivity index (χ1v) is 28.0. The van der Waals surface area contributed by atoms with Crippen LogP contribution in [0.1, 0.15) is 251 Å². The van der Waals surface area contributed by atoms with Crippen LogP contribution in [0.25, 0.3) is 0 Å². The van der Waals surface area contributed by atoms with E-state index in [9.17, 15) is 14.3 Å². The molecule has 8 nitrogen and oxygen atoms in total. The van der Waals surface area contributed by atoms with E-state index in [0.717, 1.165) is 38.5 Å². The van der Waals surface area contributed by atoms with Crippen LogP contribution in [0.3, 0.4) is 0 Å². The van der Waals surface area contributed by atoms with E-state index in [1.54, 1.807) is 0 Å². The number of phosphoric acid groups is 1. The number of hydrogen-bond acceptors (Lipinski definition) is 7. The smallest absolute Gasteiger partial charge is 0.306 e. The van der Waals surface area contributed by atoms with E-state index >= 15 is 0 Å². The predicted molar refractivity (Wildman–Crippen MR) is 264 cm³/mol. The first-order valence-electron chi connectivity index (χ1n) is 26.6. The molecule has 368 valence electrons. The van der Waals surface area contributed by atoms with E-state index < -0.39 is 13.9 Å². The minimum absolute atomic E-state index is 0.0280. The van der Waals surface area contributed by atoms with Crippen LogP contribution in [0.2, 0.25) is 0 Å². The highest BCUT2D eigenvalue weighted by Gasteiger charge is 2.20. The van der Waals surface area contributed by atoms with Gasteiger partial charge in [-0.15, -0.1) is 0 Å². The van der Waals surface area contributed by atoms with E-state index in [0.29, 0.717) is 24.1 Å². The lowest BCUT2D eigenvalue weighted by Crippen LogP contribution is -2.37. The van der Waals surface area contributed by atoms with Gasteiger partial charge in [0, 0.05) is 13.0 Å². The molecule has 0 aliphatic rings. The number of nitrogens with zero attached hydrogens (tertiary/aromatic N) is 1. The van der Waals surface area contributed by atoms with Gasteiger partial charge in [0.05, 0.1) is 34.4 Å². The highest BCUT2D eigenvalue weighted by molar-refractivity contribution is 7.45. The van der Waals surface area contributed by atoms with Crippen molar-refractivity contribution in [2.75, 3.05) is 54.1 Å². The topological polar surface area (TPSA) is 94.1 Å². The molecule has 0 aliphatic carbocycles. The molecule has 0 saturated heterocycles. The average molecular weight is 898 g/mol. The Balaban J connectivity index is 4.10. The zero-order valence-corrected chi connectivity index (χ0v) is 42.7. The minimum atomic E-state index is -4.53. The van der Waals surface area contributed by atoms with E-state index in [1.807, 2.05) is 21.1 Å². The van der Waals surface area contributed by atoms with Gasteiger partial charge in [-0.3, -0.25) is 9.36 Å². The van der Waals surface area contributed by atoms with Crippen LogP contribution < -0.4 is 4.89 Å². The standard InChI is InChI=1S/C53H104NO7P/c1-6-8-10-12-14-16-18-20-22-24-26-28-30-32-34-36-38-40-42-44-46-53(55)61-52(51-60-62(56,57)59-49-47-54(3,4)5)50-58-48-45-43-41-39-37-35-33-31-29-27-25-23-21-19-17-15-13-11-9-7-2/h15,17,21,23,52H,6-14,16,18-20,22,24-51H2,1-5H3/b17-15-,23-21-. The summed E-state index contributed by atoms with van der Waals surface area (Å²) in [5.74, 6) is -0.329. The summed E-state index contributed by atoms with van der Waals surface area (Å²) in [5.41, 5.74) is 0. The maximum absolute atomic E-state index is 12.8. The largest absolute Gasteiger partial charge is 0.756 e. The fraction of sp³-hybridized carbons (Fsp3) is 0.906. The van der Waals surface area contributed by atoms with Crippen molar-refractivity contribution >= 4 is 13.8 Å². The maximum Gasteiger partial charge on any atom is 0.306 e. The number of likely N-dealkylation sites (N-methyl/N-ethyl adjacent to an activating group) is 1. The van der Waals surface area contributed by atoms with Gasteiger partial charge < -0.3 is 27.9 Å². The summed E-state index contributed by atoms with van der Waals surface area (Å²) in [6.45, 7) is 5.44. The van der Waals surface area contributed by atoms with Crippen molar-refractivity contribution in [1.82, 2.24) is 0 Å². The number of phosphoric ester groups is 1. The number of hydrogen-bond donors (Lipinski definition) is 0. The zero-order chi connectivity index (χ0) is 45.5. The molecule has 62 heavy (non-hydrogen) atoms. The molecular formula is C53H104NO7P. The van der Waals surface area contributed by atoms with Crippen LogP contribution in [0.4, 0.5) is 0 Å². The molecule has 0 bridgehead atoms. The molecular weight excluding hydrogens is 794 g/mol. The van der Waals surface area contributed by atoms with Crippen molar-refractivity contribution in [2.45, 2.75) is 258 Å². The van der Waals surface area contributed by atoms with Gasteiger partial charge >= 0.3 is 5.97 Å².